The van der Waals surface area contributed by atoms with E-state index in [2.05, 4.69) is 10.3 Å². The smallest absolute Gasteiger partial charge is 0.306 e. The van der Waals surface area contributed by atoms with E-state index in [4.69, 9.17) is 4.74 Å². The number of esters is 1. The first-order valence-corrected chi connectivity index (χ1v) is 7.63. The molecule has 1 aromatic carbocycles. The van der Waals surface area contributed by atoms with Crippen LogP contribution in [0.15, 0.2) is 29.6 Å². The van der Waals surface area contributed by atoms with Crippen molar-refractivity contribution in [2.45, 2.75) is 19.8 Å². The van der Waals surface area contributed by atoms with Crippen molar-refractivity contribution >= 4 is 28.3 Å². The van der Waals surface area contributed by atoms with Crippen LogP contribution in [-0.2, 0) is 14.3 Å². The number of amides is 1. The third-order valence-corrected chi connectivity index (χ3v) is 3.49. The Kier molecular flexibility index (Phi) is 5.60. The molecular weight excluding hydrogens is 307 g/mol. The SMILES string of the molecule is CCOC(=O)CCC(=O)Nc1nc(-c2cccc(F)c2)cs1. The monoisotopic (exact) mass is 322 g/mol. The van der Waals surface area contributed by atoms with Gasteiger partial charge < -0.3 is 10.1 Å². The van der Waals surface area contributed by atoms with Gasteiger partial charge in [0.25, 0.3) is 0 Å². The van der Waals surface area contributed by atoms with E-state index in [0.717, 1.165) is 0 Å². The molecule has 2 aromatic rings. The Morgan fingerprint density at radius 2 is 2.18 bits per heavy atom. The third-order valence-electron chi connectivity index (χ3n) is 2.73. The molecule has 0 unspecified atom stereocenters. The number of benzene rings is 1. The molecule has 0 fully saturated rings. The quantitative estimate of drug-likeness (QED) is 0.829. The van der Waals surface area contributed by atoms with Gasteiger partial charge in [0.15, 0.2) is 5.13 Å². The van der Waals surface area contributed by atoms with Gasteiger partial charge in [-0.1, -0.05) is 12.1 Å². The summed E-state index contributed by atoms with van der Waals surface area (Å²) in [5.41, 5.74) is 1.23. The minimum atomic E-state index is -0.405. The summed E-state index contributed by atoms with van der Waals surface area (Å²) in [4.78, 5) is 27.1. The Balaban J connectivity index is 1.92. The van der Waals surface area contributed by atoms with E-state index < -0.39 is 5.97 Å². The molecule has 0 aliphatic rings. The van der Waals surface area contributed by atoms with Crippen LogP contribution in [0.5, 0.6) is 0 Å². The van der Waals surface area contributed by atoms with Crippen molar-refractivity contribution < 1.29 is 18.7 Å². The molecule has 0 spiro atoms. The van der Waals surface area contributed by atoms with Crippen molar-refractivity contribution in [3.63, 3.8) is 0 Å². The molecule has 1 amide bonds. The first kappa shape index (κ1) is 16.1. The summed E-state index contributed by atoms with van der Waals surface area (Å²) >= 11 is 1.24. The lowest BCUT2D eigenvalue weighted by Gasteiger charge is -2.02. The average molecular weight is 322 g/mol. The molecule has 1 N–H and O–H groups in total. The molecule has 0 saturated carbocycles. The summed E-state index contributed by atoms with van der Waals surface area (Å²) in [5.74, 6) is -1.06. The number of carbonyl (C=O) groups is 2. The van der Waals surface area contributed by atoms with Gasteiger partial charge in [-0.15, -0.1) is 11.3 Å². The maximum absolute atomic E-state index is 13.2. The molecule has 0 atom stereocenters. The van der Waals surface area contributed by atoms with Crippen LogP contribution in [0.1, 0.15) is 19.8 Å². The second kappa shape index (κ2) is 7.65. The van der Waals surface area contributed by atoms with Crippen molar-refractivity contribution in [1.82, 2.24) is 4.98 Å². The molecule has 0 bridgehead atoms. The van der Waals surface area contributed by atoms with Crippen molar-refractivity contribution in [2.75, 3.05) is 11.9 Å². The Hall–Kier alpha value is -2.28. The fraction of sp³-hybridized carbons (Fsp3) is 0.267. The zero-order chi connectivity index (χ0) is 15.9. The second-order valence-corrected chi connectivity index (χ2v) is 5.26. The van der Waals surface area contributed by atoms with Crippen LogP contribution in [0, 0.1) is 5.82 Å². The number of carbonyl (C=O) groups excluding carboxylic acids is 2. The van der Waals surface area contributed by atoms with Crippen molar-refractivity contribution in [3.8, 4) is 11.3 Å². The molecule has 2 rings (SSSR count). The molecule has 0 aliphatic heterocycles. The molecule has 1 aromatic heterocycles. The van der Waals surface area contributed by atoms with E-state index in [1.807, 2.05) is 0 Å². The van der Waals surface area contributed by atoms with Gasteiger partial charge in [0.05, 0.1) is 18.7 Å². The molecule has 0 radical (unpaired) electrons. The van der Waals surface area contributed by atoms with E-state index >= 15 is 0 Å². The lowest BCUT2D eigenvalue weighted by atomic mass is 10.2. The highest BCUT2D eigenvalue weighted by molar-refractivity contribution is 7.14. The van der Waals surface area contributed by atoms with E-state index in [1.165, 1.54) is 23.5 Å². The lowest BCUT2D eigenvalue weighted by molar-refractivity contribution is -0.144. The number of ether oxygens (including phenoxy) is 1. The summed E-state index contributed by atoms with van der Waals surface area (Å²) in [6.45, 7) is 2.01. The number of rotatable bonds is 6. The van der Waals surface area contributed by atoms with Gasteiger partial charge in [0.1, 0.15) is 5.82 Å². The number of nitrogens with one attached hydrogen (secondary N) is 1. The van der Waals surface area contributed by atoms with E-state index in [-0.39, 0.29) is 24.6 Å². The predicted octanol–water partition coefficient (Wildman–Crippen LogP) is 3.23. The van der Waals surface area contributed by atoms with Gasteiger partial charge in [-0.05, 0) is 19.1 Å². The first-order chi connectivity index (χ1) is 10.6. The van der Waals surface area contributed by atoms with Gasteiger partial charge in [-0.25, -0.2) is 9.37 Å². The lowest BCUT2D eigenvalue weighted by Crippen LogP contribution is -2.14. The van der Waals surface area contributed by atoms with Gasteiger partial charge in [0, 0.05) is 17.4 Å². The van der Waals surface area contributed by atoms with Gasteiger partial charge in [0.2, 0.25) is 5.91 Å². The maximum atomic E-state index is 13.2. The Bertz CT molecular complexity index is 672. The number of hydrogen-bond acceptors (Lipinski definition) is 5. The predicted molar refractivity (Wildman–Crippen MR) is 82.0 cm³/mol. The van der Waals surface area contributed by atoms with Crippen LogP contribution in [0.3, 0.4) is 0 Å². The summed E-state index contributed by atoms with van der Waals surface area (Å²) in [6, 6.07) is 6.07. The van der Waals surface area contributed by atoms with Crippen molar-refractivity contribution in [3.05, 3.63) is 35.5 Å². The van der Waals surface area contributed by atoms with Crippen LogP contribution in [0.25, 0.3) is 11.3 Å². The highest BCUT2D eigenvalue weighted by Gasteiger charge is 2.11. The molecule has 0 aliphatic carbocycles. The largest absolute Gasteiger partial charge is 0.466 e. The van der Waals surface area contributed by atoms with Gasteiger partial charge in [-0.3, -0.25) is 9.59 Å². The fourth-order valence-corrected chi connectivity index (χ4v) is 2.48. The molecule has 5 nitrogen and oxygen atoms in total. The highest BCUT2D eigenvalue weighted by Crippen LogP contribution is 2.25. The average Bonchev–Trinajstić information content (AvgIpc) is 2.94. The van der Waals surface area contributed by atoms with Crippen molar-refractivity contribution in [1.29, 1.82) is 0 Å². The third kappa shape index (κ3) is 4.63. The second-order valence-electron chi connectivity index (χ2n) is 4.40. The number of hydrogen-bond donors (Lipinski definition) is 1. The highest BCUT2D eigenvalue weighted by atomic mass is 32.1. The Morgan fingerprint density at radius 3 is 2.91 bits per heavy atom. The van der Waals surface area contributed by atoms with E-state index in [1.54, 1.807) is 24.4 Å². The number of aromatic nitrogens is 1. The Labute approximate surface area is 131 Å². The van der Waals surface area contributed by atoms with Crippen LogP contribution in [-0.4, -0.2) is 23.5 Å². The number of nitrogens with zero attached hydrogens (tertiary/aromatic N) is 1. The topological polar surface area (TPSA) is 68.3 Å². The Morgan fingerprint density at radius 1 is 1.36 bits per heavy atom. The molecule has 116 valence electrons. The summed E-state index contributed by atoms with van der Waals surface area (Å²) in [5, 5.41) is 4.75. The van der Waals surface area contributed by atoms with E-state index in [9.17, 15) is 14.0 Å². The molecule has 22 heavy (non-hydrogen) atoms. The normalized spacial score (nSPS) is 10.3. The number of thiazole rings is 1. The van der Waals surface area contributed by atoms with Gasteiger partial charge in [-0.2, -0.15) is 0 Å². The fourth-order valence-electron chi connectivity index (χ4n) is 1.74. The zero-order valence-electron chi connectivity index (χ0n) is 12.0. The number of halogens is 1. The molecular formula is C15H15FN2O3S. The first-order valence-electron chi connectivity index (χ1n) is 6.75. The van der Waals surface area contributed by atoms with Crippen molar-refractivity contribution in [2.24, 2.45) is 0 Å². The van der Waals surface area contributed by atoms with Crippen LogP contribution < -0.4 is 5.32 Å². The zero-order valence-corrected chi connectivity index (χ0v) is 12.8. The standard InChI is InChI=1S/C15H15FN2O3S/c1-2-21-14(20)7-6-13(19)18-15-17-12(9-22-15)10-4-3-5-11(16)8-10/h3-5,8-9H,2,6-7H2,1H3,(H,17,18,19). The maximum Gasteiger partial charge on any atom is 0.306 e. The summed E-state index contributed by atoms with van der Waals surface area (Å²) < 4.78 is 17.9. The van der Waals surface area contributed by atoms with Gasteiger partial charge >= 0.3 is 5.97 Å². The molecule has 7 heteroatoms. The summed E-state index contributed by atoms with van der Waals surface area (Å²) in [7, 11) is 0. The van der Waals surface area contributed by atoms with Crippen LogP contribution in [0.4, 0.5) is 9.52 Å². The van der Waals surface area contributed by atoms with Crippen LogP contribution >= 0.6 is 11.3 Å². The molecule has 0 saturated heterocycles. The van der Waals surface area contributed by atoms with Crippen LogP contribution in [0.2, 0.25) is 0 Å². The number of anilines is 1. The minimum Gasteiger partial charge on any atom is -0.466 e. The summed E-state index contributed by atoms with van der Waals surface area (Å²) in [6.07, 6.45) is 0.0650. The van der Waals surface area contributed by atoms with E-state index in [0.29, 0.717) is 23.0 Å². The minimum absolute atomic E-state index is 0.0296. The molecule has 1 heterocycles.